The lowest BCUT2D eigenvalue weighted by molar-refractivity contribution is -0.235. The smallest absolute Gasteiger partial charge is 0.335 e. The average molecular weight is 401 g/mol. The van der Waals surface area contributed by atoms with Crippen LogP contribution in [0.3, 0.4) is 0 Å². The first kappa shape index (κ1) is 19.5. The molecule has 8 unspecified atom stereocenters. The molecular formula is C24H32O5. The molecule has 29 heavy (non-hydrogen) atoms. The predicted octanol–water partition coefficient (Wildman–Crippen LogP) is 3.42. The number of aliphatic hydroxyl groups excluding tert-OH is 1. The van der Waals surface area contributed by atoms with Crippen LogP contribution in [-0.4, -0.2) is 27.7 Å². The molecule has 4 saturated carbocycles. The van der Waals surface area contributed by atoms with Crippen molar-refractivity contribution in [2.24, 2.45) is 28.6 Å². The summed E-state index contributed by atoms with van der Waals surface area (Å²) in [6.07, 6.45) is 7.03. The fourth-order valence-corrected chi connectivity index (χ4v) is 8.22. The highest BCUT2D eigenvalue weighted by atomic mass is 16.4. The number of ketones is 1. The molecule has 5 rings (SSSR count). The standard InChI is InChI=1S/C24H32O5/c1-22-9-7-16(25)11-15(22)4-5-18-21(22)19(26)12-23(2)17(8-10-24(18,23)28)14-3-6-20(27)29-13-14/h3,6,13,15,17-19,21,26,28H,4-5,7-12H2,1-2H3. The minimum atomic E-state index is -0.840. The maximum atomic E-state index is 12.2. The second-order valence-corrected chi connectivity index (χ2v) is 10.7. The maximum absolute atomic E-state index is 12.2. The quantitative estimate of drug-likeness (QED) is 0.754. The van der Waals surface area contributed by atoms with Crippen molar-refractivity contribution in [3.8, 4) is 0 Å². The molecule has 0 radical (unpaired) electrons. The summed E-state index contributed by atoms with van der Waals surface area (Å²) in [5.41, 5.74) is -0.801. The largest absolute Gasteiger partial charge is 0.431 e. The van der Waals surface area contributed by atoms with Gasteiger partial charge in [0.25, 0.3) is 0 Å². The van der Waals surface area contributed by atoms with Gasteiger partial charge in [0.1, 0.15) is 5.78 Å². The lowest BCUT2D eigenvalue weighted by atomic mass is 9.42. The number of aliphatic hydroxyl groups is 2. The Balaban J connectivity index is 1.53. The fraction of sp³-hybridized carbons (Fsp3) is 0.750. The highest BCUT2D eigenvalue weighted by Crippen LogP contribution is 2.70. The minimum absolute atomic E-state index is 0.0416. The highest BCUT2D eigenvalue weighted by molar-refractivity contribution is 5.79. The molecule has 1 heterocycles. The van der Waals surface area contributed by atoms with Crippen LogP contribution < -0.4 is 5.63 Å². The van der Waals surface area contributed by atoms with Gasteiger partial charge in [-0.2, -0.15) is 0 Å². The van der Waals surface area contributed by atoms with Crippen LogP contribution in [0.5, 0.6) is 0 Å². The monoisotopic (exact) mass is 400 g/mol. The number of fused-ring (bicyclic) bond motifs is 5. The fourth-order valence-electron chi connectivity index (χ4n) is 8.22. The minimum Gasteiger partial charge on any atom is -0.431 e. The summed E-state index contributed by atoms with van der Waals surface area (Å²) in [5, 5.41) is 23.6. The van der Waals surface area contributed by atoms with E-state index in [1.54, 1.807) is 0 Å². The molecule has 2 N–H and O–H groups in total. The third-order valence-corrected chi connectivity index (χ3v) is 9.73. The van der Waals surface area contributed by atoms with Crippen molar-refractivity contribution in [2.75, 3.05) is 0 Å². The van der Waals surface area contributed by atoms with Crippen molar-refractivity contribution >= 4 is 5.78 Å². The van der Waals surface area contributed by atoms with Gasteiger partial charge in [0, 0.05) is 24.3 Å². The topological polar surface area (TPSA) is 87.7 Å². The molecule has 0 aromatic carbocycles. The lowest BCUT2D eigenvalue weighted by Crippen LogP contribution is -2.66. The molecule has 5 nitrogen and oxygen atoms in total. The summed E-state index contributed by atoms with van der Waals surface area (Å²) >= 11 is 0. The van der Waals surface area contributed by atoms with Gasteiger partial charge in [-0.3, -0.25) is 4.79 Å². The van der Waals surface area contributed by atoms with E-state index in [9.17, 15) is 19.8 Å². The molecule has 1 aromatic rings. The molecule has 0 amide bonds. The van der Waals surface area contributed by atoms with Gasteiger partial charge in [0.15, 0.2) is 0 Å². The number of hydrogen-bond acceptors (Lipinski definition) is 5. The Labute approximate surface area is 171 Å². The first-order chi connectivity index (χ1) is 13.7. The van der Waals surface area contributed by atoms with Gasteiger partial charge in [-0.15, -0.1) is 0 Å². The van der Waals surface area contributed by atoms with Gasteiger partial charge in [-0.05, 0) is 79.2 Å². The van der Waals surface area contributed by atoms with Crippen LogP contribution in [0.15, 0.2) is 27.6 Å². The zero-order valence-corrected chi connectivity index (χ0v) is 17.4. The zero-order chi connectivity index (χ0) is 20.6. The highest BCUT2D eigenvalue weighted by Gasteiger charge is 2.69. The maximum Gasteiger partial charge on any atom is 0.335 e. The van der Waals surface area contributed by atoms with Crippen LogP contribution in [-0.2, 0) is 4.79 Å². The molecule has 0 aliphatic heterocycles. The number of carbonyl (C=O) groups is 1. The first-order valence-electron chi connectivity index (χ1n) is 11.2. The van der Waals surface area contributed by atoms with E-state index < -0.39 is 17.1 Å². The average Bonchev–Trinajstić information content (AvgIpc) is 2.94. The van der Waals surface area contributed by atoms with Crippen molar-refractivity contribution in [3.63, 3.8) is 0 Å². The number of Topliss-reactive ketones (excluding diaryl/α,β-unsaturated/α-hetero) is 1. The van der Waals surface area contributed by atoms with Crippen molar-refractivity contribution < 1.29 is 19.4 Å². The summed E-state index contributed by atoms with van der Waals surface area (Å²) in [7, 11) is 0. The van der Waals surface area contributed by atoms with E-state index in [1.165, 1.54) is 12.3 Å². The summed E-state index contributed by atoms with van der Waals surface area (Å²) in [5.74, 6) is 0.830. The number of hydrogen-bond donors (Lipinski definition) is 2. The van der Waals surface area contributed by atoms with E-state index in [-0.39, 0.29) is 28.8 Å². The molecule has 5 heteroatoms. The van der Waals surface area contributed by atoms with Crippen LogP contribution in [0.1, 0.15) is 76.7 Å². The van der Waals surface area contributed by atoms with Gasteiger partial charge < -0.3 is 14.6 Å². The SMILES string of the molecule is CC12CCC(=O)CC1CCC1C2C(O)CC2(C)C(c3ccc(=O)oc3)CCC12O. The molecular weight excluding hydrogens is 368 g/mol. The van der Waals surface area contributed by atoms with Crippen LogP contribution in [0.25, 0.3) is 0 Å². The van der Waals surface area contributed by atoms with E-state index >= 15 is 0 Å². The first-order valence-corrected chi connectivity index (χ1v) is 11.2. The van der Waals surface area contributed by atoms with Gasteiger partial charge in [0.2, 0.25) is 0 Å². The van der Waals surface area contributed by atoms with Crippen molar-refractivity contribution in [2.45, 2.75) is 82.8 Å². The van der Waals surface area contributed by atoms with E-state index in [2.05, 4.69) is 13.8 Å². The second kappa shape index (κ2) is 6.27. The van der Waals surface area contributed by atoms with Crippen molar-refractivity contribution in [1.82, 2.24) is 0 Å². The Morgan fingerprint density at radius 3 is 2.62 bits per heavy atom. The van der Waals surface area contributed by atoms with E-state index in [0.29, 0.717) is 37.4 Å². The summed E-state index contributed by atoms with van der Waals surface area (Å²) < 4.78 is 5.13. The Hall–Kier alpha value is -1.46. The van der Waals surface area contributed by atoms with Crippen molar-refractivity contribution in [3.05, 3.63) is 34.4 Å². The molecule has 0 saturated heterocycles. The summed E-state index contributed by atoms with van der Waals surface area (Å²) in [6.45, 7) is 4.38. The normalized spacial score (nSPS) is 49.2. The number of carbonyl (C=O) groups excluding carboxylic acids is 1. The molecule has 8 atom stereocenters. The van der Waals surface area contributed by atoms with Crippen LogP contribution in [0.4, 0.5) is 0 Å². The van der Waals surface area contributed by atoms with E-state index in [4.69, 9.17) is 4.42 Å². The van der Waals surface area contributed by atoms with Crippen molar-refractivity contribution in [1.29, 1.82) is 0 Å². The molecule has 1 aromatic heterocycles. The van der Waals surface area contributed by atoms with Gasteiger partial charge >= 0.3 is 5.63 Å². The summed E-state index contributed by atoms with van der Waals surface area (Å²) in [4.78, 5) is 23.5. The molecule has 0 bridgehead atoms. The van der Waals surface area contributed by atoms with Gasteiger partial charge in [0.05, 0.1) is 18.0 Å². The Bertz CT molecular complexity index is 871. The summed E-state index contributed by atoms with van der Waals surface area (Å²) in [6, 6.07) is 3.26. The zero-order valence-electron chi connectivity index (χ0n) is 17.4. The number of rotatable bonds is 1. The lowest BCUT2D eigenvalue weighted by Gasteiger charge is -2.64. The Morgan fingerprint density at radius 1 is 1.10 bits per heavy atom. The Kier molecular flexibility index (Phi) is 4.22. The molecule has 0 spiro atoms. The third-order valence-electron chi connectivity index (χ3n) is 9.73. The third kappa shape index (κ3) is 2.53. The van der Waals surface area contributed by atoms with Gasteiger partial charge in [-0.25, -0.2) is 4.79 Å². The van der Waals surface area contributed by atoms with Crippen LogP contribution in [0, 0.1) is 28.6 Å². The van der Waals surface area contributed by atoms with Crippen LogP contribution >= 0.6 is 0 Å². The second-order valence-electron chi connectivity index (χ2n) is 10.7. The van der Waals surface area contributed by atoms with E-state index in [1.807, 2.05) is 6.07 Å². The van der Waals surface area contributed by atoms with E-state index in [0.717, 1.165) is 31.2 Å². The molecule has 158 valence electrons. The van der Waals surface area contributed by atoms with Gasteiger partial charge in [-0.1, -0.05) is 13.8 Å². The molecule has 4 aliphatic rings. The molecule has 4 aliphatic carbocycles. The molecule has 4 fully saturated rings. The van der Waals surface area contributed by atoms with Crippen LogP contribution in [0.2, 0.25) is 0 Å². The predicted molar refractivity (Wildman–Crippen MR) is 107 cm³/mol. The Morgan fingerprint density at radius 2 is 1.90 bits per heavy atom.